The molecule has 0 N–H and O–H groups in total. The fourth-order valence-electron chi connectivity index (χ4n) is 1.93. The fraction of sp³-hybridized carbons (Fsp3) is 0.188. The van der Waals surface area contributed by atoms with E-state index in [1.54, 1.807) is 6.07 Å². The van der Waals surface area contributed by atoms with Crippen molar-refractivity contribution in [1.29, 1.82) is 0 Å². The third kappa shape index (κ3) is 3.74. The first kappa shape index (κ1) is 13.9. The molecular formula is C16H14BrFO. The summed E-state index contributed by atoms with van der Waals surface area (Å²) in [6.45, 7) is 2.07. The average Bonchev–Trinajstić information content (AvgIpc) is 2.37. The molecular weight excluding hydrogens is 307 g/mol. The van der Waals surface area contributed by atoms with E-state index in [4.69, 9.17) is 0 Å². The molecule has 0 saturated carbocycles. The van der Waals surface area contributed by atoms with Crippen LogP contribution in [0, 0.1) is 5.82 Å². The van der Waals surface area contributed by atoms with E-state index in [2.05, 4.69) is 22.9 Å². The number of halogens is 2. The van der Waals surface area contributed by atoms with Gasteiger partial charge in [-0.25, -0.2) is 4.39 Å². The van der Waals surface area contributed by atoms with Gasteiger partial charge in [0.05, 0.1) is 0 Å². The van der Waals surface area contributed by atoms with Crippen LogP contribution >= 0.6 is 15.9 Å². The Morgan fingerprint density at radius 3 is 2.37 bits per heavy atom. The van der Waals surface area contributed by atoms with Gasteiger partial charge in [0.2, 0.25) is 0 Å². The Hall–Kier alpha value is -1.48. The molecule has 0 aliphatic heterocycles. The van der Waals surface area contributed by atoms with Crippen LogP contribution in [0.15, 0.2) is 46.9 Å². The van der Waals surface area contributed by atoms with Crippen LogP contribution in [0.2, 0.25) is 0 Å². The summed E-state index contributed by atoms with van der Waals surface area (Å²) in [5, 5.41) is 0. The molecule has 0 fully saturated rings. The van der Waals surface area contributed by atoms with Gasteiger partial charge >= 0.3 is 0 Å². The van der Waals surface area contributed by atoms with E-state index >= 15 is 0 Å². The van der Waals surface area contributed by atoms with E-state index in [9.17, 15) is 9.18 Å². The highest BCUT2D eigenvalue weighted by atomic mass is 79.9. The van der Waals surface area contributed by atoms with E-state index in [0.717, 1.165) is 6.42 Å². The predicted octanol–water partition coefficient (Wildman–Crippen LogP) is 4.58. The first-order valence-corrected chi connectivity index (χ1v) is 6.95. The molecule has 0 atom stereocenters. The third-order valence-electron chi connectivity index (χ3n) is 2.97. The molecule has 0 aliphatic carbocycles. The third-order valence-corrected chi connectivity index (χ3v) is 3.43. The Labute approximate surface area is 120 Å². The van der Waals surface area contributed by atoms with Crippen molar-refractivity contribution < 1.29 is 9.18 Å². The quantitative estimate of drug-likeness (QED) is 0.754. The van der Waals surface area contributed by atoms with Crippen LogP contribution in [-0.4, -0.2) is 5.78 Å². The van der Waals surface area contributed by atoms with Crippen LogP contribution in [0.5, 0.6) is 0 Å². The lowest BCUT2D eigenvalue weighted by molar-refractivity contribution is 0.0993. The van der Waals surface area contributed by atoms with Gasteiger partial charge in [-0.1, -0.05) is 47.1 Å². The van der Waals surface area contributed by atoms with E-state index in [1.165, 1.54) is 17.7 Å². The van der Waals surface area contributed by atoms with Crippen LogP contribution in [0.25, 0.3) is 0 Å². The summed E-state index contributed by atoms with van der Waals surface area (Å²) >= 11 is 3.23. The molecule has 0 unspecified atom stereocenters. The maximum absolute atomic E-state index is 13.2. The van der Waals surface area contributed by atoms with Crippen molar-refractivity contribution in [2.75, 3.05) is 0 Å². The maximum atomic E-state index is 13.2. The van der Waals surface area contributed by atoms with Gasteiger partial charge in [-0.2, -0.15) is 0 Å². The van der Waals surface area contributed by atoms with Crippen molar-refractivity contribution >= 4 is 21.7 Å². The minimum absolute atomic E-state index is 0.000142. The van der Waals surface area contributed by atoms with E-state index in [0.29, 0.717) is 15.6 Å². The number of rotatable bonds is 4. The molecule has 0 aromatic heterocycles. The van der Waals surface area contributed by atoms with Crippen LogP contribution in [-0.2, 0) is 12.8 Å². The second-order valence-electron chi connectivity index (χ2n) is 4.43. The Kier molecular flexibility index (Phi) is 4.48. The van der Waals surface area contributed by atoms with E-state index in [-0.39, 0.29) is 18.0 Å². The molecule has 0 spiro atoms. The molecule has 0 radical (unpaired) electrons. The van der Waals surface area contributed by atoms with Crippen molar-refractivity contribution in [3.05, 3.63) is 69.4 Å². The van der Waals surface area contributed by atoms with E-state index in [1.807, 2.05) is 24.3 Å². The predicted molar refractivity (Wildman–Crippen MR) is 78.0 cm³/mol. The highest BCUT2D eigenvalue weighted by molar-refractivity contribution is 9.10. The lowest BCUT2D eigenvalue weighted by Gasteiger charge is -2.04. The number of carbonyl (C=O) groups excluding carboxylic acids is 1. The summed E-state index contributed by atoms with van der Waals surface area (Å²) in [6, 6.07) is 12.1. The largest absolute Gasteiger partial charge is 0.294 e. The molecule has 0 bridgehead atoms. The zero-order valence-electron chi connectivity index (χ0n) is 10.6. The number of hydrogen-bond donors (Lipinski definition) is 0. The second kappa shape index (κ2) is 6.11. The molecule has 0 saturated heterocycles. The first-order valence-electron chi connectivity index (χ1n) is 6.15. The summed E-state index contributed by atoms with van der Waals surface area (Å²) in [4.78, 5) is 12.1. The van der Waals surface area contributed by atoms with Gasteiger partial charge in [0.1, 0.15) is 5.82 Å². The summed E-state index contributed by atoms with van der Waals surface area (Å²) < 4.78 is 13.9. The Balaban J connectivity index is 2.15. The van der Waals surface area contributed by atoms with Gasteiger partial charge in [-0.15, -0.1) is 0 Å². The Morgan fingerprint density at radius 2 is 1.79 bits per heavy atom. The molecule has 98 valence electrons. The van der Waals surface area contributed by atoms with Gasteiger partial charge in [-0.3, -0.25) is 4.79 Å². The lowest BCUT2D eigenvalue weighted by Crippen LogP contribution is -2.04. The minimum atomic E-state index is -0.335. The fourth-order valence-corrected chi connectivity index (χ4v) is 2.44. The van der Waals surface area contributed by atoms with Crippen molar-refractivity contribution in [2.45, 2.75) is 19.8 Å². The smallest absolute Gasteiger partial charge is 0.167 e. The highest BCUT2D eigenvalue weighted by Gasteiger charge is 2.08. The second-order valence-corrected chi connectivity index (χ2v) is 5.34. The summed E-state index contributed by atoms with van der Waals surface area (Å²) in [5.41, 5.74) is 2.54. The normalized spacial score (nSPS) is 10.5. The SMILES string of the molecule is CCc1ccc(C(=O)Cc2cc(F)cc(Br)c2)cc1. The van der Waals surface area contributed by atoms with Gasteiger partial charge < -0.3 is 0 Å². The summed E-state index contributed by atoms with van der Waals surface area (Å²) in [7, 11) is 0. The number of benzene rings is 2. The zero-order valence-corrected chi connectivity index (χ0v) is 12.2. The van der Waals surface area contributed by atoms with Crippen LogP contribution in [0.3, 0.4) is 0 Å². The van der Waals surface area contributed by atoms with Crippen LogP contribution in [0.4, 0.5) is 4.39 Å². The van der Waals surface area contributed by atoms with Crippen LogP contribution < -0.4 is 0 Å². The zero-order chi connectivity index (χ0) is 13.8. The molecule has 0 heterocycles. The summed E-state index contributed by atoms with van der Waals surface area (Å²) in [6.07, 6.45) is 1.16. The molecule has 0 aliphatic rings. The van der Waals surface area contributed by atoms with Gasteiger partial charge in [0, 0.05) is 16.5 Å². The van der Waals surface area contributed by atoms with Gasteiger partial charge in [-0.05, 0) is 35.7 Å². The standard InChI is InChI=1S/C16H14BrFO/c1-2-11-3-5-13(6-4-11)16(19)9-12-7-14(17)10-15(18)8-12/h3-8,10H,2,9H2,1H3. The molecule has 0 amide bonds. The highest BCUT2D eigenvalue weighted by Crippen LogP contribution is 2.17. The molecule has 2 aromatic rings. The van der Waals surface area contributed by atoms with Crippen molar-refractivity contribution in [3.63, 3.8) is 0 Å². The van der Waals surface area contributed by atoms with Crippen molar-refractivity contribution in [1.82, 2.24) is 0 Å². The number of carbonyl (C=O) groups is 1. The number of hydrogen-bond acceptors (Lipinski definition) is 1. The van der Waals surface area contributed by atoms with Gasteiger partial charge in [0.25, 0.3) is 0 Å². The molecule has 2 rings (SSSR count). The lowest BCUT2D eigenvalue weighted by atomic mass is 10.0. The maximum Gasteiger partial charge on any atom is 0.167 e. The number of ketones is 1. The molecule has 3 heteroatoms. The summed E-state index contributed by atoms with van der Waals surface area (Å²) in [5.74, 6) is -0.335. The van der Waals surface area contributed by atoms with E-state index < -0.39 is 0 Å². The first-order chi connectivity index (χ1) is 9.08. The molecule has 2 aromatic carbocycles. The number of aryl methyl sites for hydroxylation is 1. The minimum Gasteiger partial charge on any atom is -0.294 e. The monoisotopic (exact) mass is 320 g/mol. The Bertz CT molecular complexity index is 570. The Morgan fingerprint density at radius 1 is 1.11 bits per heavy atom. The average molecular weight is 321 g/mol. The van der Waals surface area contributed by atoms with Crippen molar-refractivity contribution in [3.8, 4) is 0 Å². The van der Waals surface area contributed by atoms with Crippen molar-refractivity contribution in [2.24, 2.45) is 0 Å². The van der Waals surface area contributed by atoms with Crippen LogP contribution in [0.1, 0.15) is 28.4 Å². The topological polar surface area (TPSA) is 17.1 Å². The molecule has 1 nitrogen and oxygen atoms in total. The molecule has 19 heavy (non-hydrogen) atoms. The number of Topliss-reactive ketones (excluding diaryl/α,β-unsaturated/α-hetero) is 1. The van der Waals surface area contributed by atoms with Gasteiger partial charge in [0.15, 0.2) is 5.78 Å².